The summed E-state index contributed by atoms with van der Waals surface area (Å²) in [7, 11) is 1.60. The number of methoxy groups -OCH3 is 1. The Morgan fingerprint density at radius 1 is 1.32 bits per heavy atom. The van der Waals surface area contributed by atoms with E-state index in [0.717, 1.165) is 6.42 Å². The van der Waals surface area contributed by atoms with E-state index in [9.17, 15) is 9.59 Å². The van der Waals surface area contributed by atoms with Crippen molar-refractivity contribution in [3.8, 4) is 0 Å². The van der Waals surface area contributed by atoms with Crippen LogP contribution in [0.25, 0.3) is 0 Å². The Hall–Kier alpha value is -1.72. The summed E-state index contributed by atoms with van der Waals surface area (Å²) in [5, 5.41) is 11.8. The first-order chi connectivity index (χ1) is 9.15. The van der Waals surface area contributed by atoms with Gasteiger partial charge in [-0.05, 0) is 13.0 Å². The minimum Gasteiger partial charge on any atom is -0.481 e. The molecule has 0 aliphatic rings. The number of carbonyl (C=O) groups is 2. The first-order valence-corrected chi connectivity index (χ1v) is 6.18. The number of carbonyl (C=O) groups excluding carboxylic acids is 1. The summed E-state index contributed by atoms with van der Waals surface area (Å²) in [4.78, 5) is 23.0. The molecule has 5 heteroatoms. The molecule has 0 amide bonds. The highest BCUT2D eigenvalue weighted by molar-refractivity contribution is 6.01. The molecular formula is C14H19NO4. The Morgan fingerprint density at radius 2 is 2.00 bits per heavy atom. The minimum atomic E-state index is -0.992. The first-order valence-electron chi connectivity index (χ1n) is 6.18. The Morgan fingerprint density at radius 3 is 2.58 bits per heavy atom. The molecule has 0 heterocycles. The molecule has 0 spiro atoms. The second kappa shape index (κ2) is 8.39. The van der Waals surface area contributed by atoms with Crippen molar-refractivity contribution < 1.29 is 19.4 Å². The Labute approximate surface area is 112 Å². The molecular weight excluding hydrogens is 246 g/mol. The number of rotatable bonds is 9. The monoisotopic (exact) mass is 265 g/mol. The van der Waals surface area contributed by atoms with Crippen molar-refractivity contribution in [2.45, 2.75) is 18.9 Å². The molecule has 0 aliphatic carbocycles. The fraction of sp³-hybridized carbons (Fsp3) is 0.429. The van der Waals surface area contributed by atoms with Crippen LogP contribution in [-0.4, -0.2) is 43.2 Å². The van der Waals surface area contributed by atoms with Crippen molar-refractivity contribution in [3.05, 3.63) is 35.9 Å². The van der Waals surface area contributed by atoms with Gasteiger partial charge < -0.3 is 15.2 Å². The van der Waals surface area contributed by atoms with E-state index >= 15 is 0 Å². The molecule has 0 radical (unpaired) electrons. The smallest absolute Gasteiger partial charge is 0.305 e. The zero-order chi connectivity index (χ0) is 14.1. The van der Waals surface area contributed by atoms with Crippen LogP contribution in [0.1, 0.15) is 23.2 Å². The van der Waals surface area contributed by atoms with Gasteiger partial charge in [-0.3, -0.25) is 9.59 Å². The molecule has 1 aromatic rings. The number of carboxylic acids is 1. The maximum Gasteiger partial charge on any atom is 0.305 e. The van der Waals surface area contributed by atoms with E-state index in [2.05, 4.69) is 5.32 Å². The third kappa shape index (κ3) is 5.63. The van der Waals surface area contributed by atoms with Gasteiger partial charge in [-0.1, -0.05) is 30.3 Å². The van der Waals surface area contributed by atoms with Crippen molar-refractivity contribution >= 4 is 11.8 Å². The maximum absolute atomic E-state index is 12.2. The number of aliphatic carboxylic acids is 1. The summed E-state index contributed by atoms with van der Waals surface area (Å²) in [6.45, 7) is 1.12. The third-order valence-electron chi connectivity index (χ3n) is 2.67. The fourth-order valence-corrected chi connectivity index (χ4v) is 1.73. The van der Waals surface area contributed by atoms with E-state index in [-0.39, 0.29) is 12.2 Å². The average molecular weight is 265 g/mol. The standard InChI is InChI=1S/C14H19NO4/c1-19-9-5-8-15-12(10-13(16)17)14(18)11-6-3-2-4-7-11/h2-4,6-7,12,15H,5,8-10H2,1H3,(H,16,17). The van der Waals surface area contributed by atoms with Crippen LogP contribution in [0, 0.1) is 0 Å². The topological polar surface area (TPSA) is 75.6 Å². The second-order valence-corrected chi connectivity index (χ2v) is 4.18. The molecule has 0 aliphatic heterocycles. The van der Waals surface area contributed by atoms with Crippen molar-refractivity contribution in [1.29, 1.82) is 0 Å². The van der Waals surface area contributed by atoms with Gasteiger partial charge in [-0.15, -0.1) is 0 Å². The molecule has 104 valence electrons. The maximum atomic E-state index is 12.2. The quantitative estimate of drug-likeness (QED) is 0.520. The molecule has 19 heavy (non-hydrogen) atoms. The van der Waals surface area contributed by atoms with E-state index in [0.29, 0.717) is 18.7 Å². The van der Waals surface area contributed by atoms with Crippen LogP contribution in [0.4, 0.5) is 0 Å². The summed E-state index contributed by atoms with van der Waals surface area (Å²) in [6, 6.07) is 8.01. The van der Waals surface area contributed by atoms with Crippen LogP contribution in [0.2, 0.25) is 0 Å². The zero-order valence-corrected chi connectivity index (χ0v) is 11.0. The molecule has 0 saturated heterocycles. The first kappa shape index (κ1) is 15.3. The zero-order valence-electron chi connectivity index (χ0n) is 11.0. The SMILES string of the molecule is COCCCNC(CC(=O)O)C(=O)c1ccccc1. The predicted octanol–water partition coefficient (Wildman–Crippen LogP) is 1.34. The van der Waals surface area contributed by atoms with Crippen molar-refractivity contribution in [2.75, 3.05) is 20.3 Å². The number of ether oxygens (including phenoxy) is 1. The van der Waals surface area contributed by atoms with E-state index in [1.807, 2.05) is 6.07 Å². The Bertz CT molecular complexity index is 405. The molecule has 0 bridgehead atoms. The summed E-state index contributed by atoms with van der Waals surface area (Å²) < 4.78 is 4.91. The van der Waals surface area contributed by atoms with Gasteiger partial charge in [-0.2, -0.15) is 0 Å². The van der Waals surface area contributed by atoms with Crippen LogP contribution in [0.15, 0.2) is 30.3 Å². The number of carboxylic acid groups (broad SMARTS) is 1. The van der Waals surface area contributed by atoms with E-state index < -0.39 is 12.0 Å². The van der Waals surface area contributed by atoms with Gasteiger partial charge >= 0.3 is 5.97 Å². The van der Waals surface area contributed by atoms with Gasteiger partial charge in [-0.25, -0.2) is 0 Å². The van der Waals surface area contributed by atoms with Crippen molar-refractivity contribution in [3.63, 3.8) is 0 Å². The van der Waals surface area contributed by atoms with E-state index in [1.165, 1.54) is 0 Å². The van der Waals surface area contributed by atoms with Crippen LogP contribution in [-0.2, 0) is 9.53 Å². The highest BCUT2D eigenvalue weighted by atomic mass is 16.5. The molecule has 2 N–H and O–H groups in total. The third-order valence-corrected chi connectivity index (χ3v) is 2.67. The Balaban J connectivity index is 2.62. The lowest BCUT2D eigenvalue weighted by atomic mass is 10.0. The lowest BCUT2D eigenvalue weighted by molar-refractivity contribution is -0.137. The molecule has 1 unspecified atom stereocenters. The van der Waals surface area contributed by atoms with Gasteiger partial charge in [0.05, 0.1) is 12.5 Å². The van der Waals surface area contributed by atoms with E-state index in [4.69, 9.17) is 9.84 Å². The fourth-order valence-electron chi connectivity index (χ4n) is 1.73. The number of Topliss-reactive ketones (excluding diaryl/α,β-unsaturated/α-hetero) is 1. The molecule has 0 saturated carbocycles. The van der Waals surface area contributed by atoms with Crippen LogP contribution in [0.5, 0.6) is 0 Å². The average Bonchev–Trinajstić information content (AvgIpc) is 2.42. The molecule has 1 atom stereocenters. The van der Waals surface area contributed by atoms with Gasteiger partial charge in [0.25, 0.3) is 0 Å². The highest BCUT2D eigenvalue weighted by Crippen LogP contribution is 2.06. The highest BCUT2D eigenvalue weighted by Gasteiger charge is 2.21. The lowest BCUT2D eigenvalue weighted by Gasteiger charge is -2.15. The molecule has 5 nitrogen and oxygen atoms in total. The number of benzene rings is 1. The van der Waals surface area contributed by atoms with Crippen molar-refractivity contribution in [1.82, 2.24) is 5.32 Å². The molecule has 1 rings (SSSR count). The lowest BCUT2D eigenvalue weighted by Crippen LogP contribution is -2.39. The molecule has 0 fully saturated rings. The van der Waals surface area contributed by atoms with Gasteiger partial charge in [0, 0.05) is 19.3 Å². The number of ketones is 1. The second-order valence-electron chi connectivity index (χ2n) is 4.18. The number of hydrogen-bond acceptors (Lipinski definition) is 4. The molecule has 1 aromatic carbocycles. The van der Waals surface area contributed by atoms with Crippen molar-refractivity contribution in [2.24, 2.45) is 0 Å². The number of hydrogen-bond donors (Lipinski definition) is 2. The van der Waals surface area contributed by atoms with E-state index in [1.54, 1.807) is 31.4 Å². The summed E-state index contributed by atoms with van der Waals surface area (Å²) >= 11 is 0. The van der Waals surface area contributed by atoms with Gasteiger partial charge in [0.15, 0.2) is 5.78 Å². The minimum absolute atomic E-state index is 0.194. The van der Waals surface area contributed by atoms with Crippen LogP contribution >= 0.6 is 0 Å². The van der Waals surface area contributed by atoms with Crippen LogP contribution in [0.3, 0.4) is 0 Å². The van der Waals surface area contributed by atoms with Gasteiger partial charge in [0.2, 0.25) is 0 Å². The normalized spacial score (nSPS) is 12.1. The predicted molar refractivity (Wildman–Crippen MR) is 71.3 cm³/mol. The van der Waals surface area contributed by atoms with Crippen LogP contribution < -0.4 is 5.32 Å². The summed E-state index contributed by atoms with van der Waals surface area (Å²) in [6.07, 6.45) is 0.509. The number of nitrogens with one attached hydrogen (secondary N) is 1. The summed E-state index contributed by atoms with van der Waals surface area (Å²) in [5.74, 6) is -1.19. The summed E-state index contributed by atoms with van der Waals surface area (Å²) in [5.41, 5.74) is 0.521. The van der Waals surface area contributed by atoms with Gasteiger partial charge in [0.1, 0.15) is 0 Å². The Kier molecular flexibility index (Phi) is 6.78. The largest absolute Gasteiger partial charge is 0.481 e. The molecule has 0 aromatic heterocycles.